The first kappa shape index (κ1) is 29.8. The van der Waals surface area contributed by atoms with E-state index in [9.17, 15) is 26.3 Å². The molecule has 0 bridgehead atoms. The molecule has 3 aliphatic rings. The van der Waals surface area contributed by atoms with Crippen LogP contribution in [0.15, 0.2) is 24.5 Å². The molecule has 0 amide bonds. The van der Waals surface area contributed by atoms with E-state index in [2.05, 4.69) is 9.88 Å². The van der Waals surface area contributed by atoms with Crippen molar-refractivity contribution in [3.63, 3.8) is 0 Å². The zero-order valence-corrected chi connectivity index (χ0v) is 19.2. The Morgan fingerprint density at radius 1 is 1.08 bits per heavy atom. The Labute approximate surface area is 203 Å². The molecule has 1 aromatic heterocycles. The third kappa shape index (κ3) is 9.21. The van der Waals surface area contributed by atoms with Crippen molar-refractivity contribution in [2.75, 3.05) is 39.5 Å². The summed E-state index contributed by atoms with van der Waals surface area (Å²) < 4.78 is 75.3. The summed E-state index contributed by atoms with van der Waals surface area (Å²) in [6.07, 6.45) is -2.21. The molecule has 204 valence electrons. The van der Waals surface area contributed by atoms with Crippen molar-refractivity contribution in [2.24, 2.45) is 17.3 Å². The monoisotopic (exact) mass is 530 g/mol. The number of ether oxygens (including phenoxy) is 2. The molecule has 1 saturated carbocycles. The molecule has 3 heterocycles. The third-order valence-electron chi connectivity index (χ3n) is 6.23. The van der Waals surface area contributed by atoms with E-state index in [-0.39, 0.29) is 5.41 Å². The Hall–Kier alpha value is -2.45. The van der Waals surface area contributed by atoms with Crippen LogP contribution in [0.5, 0.6) is 0 Å². The van der Waals surface area contributed by atoms with Crippen molar-refractivity contribution in [3.8, 4) is 0 Å². The van der Waals surface area contributed by atoms with Gasteiger partial charge in [-0.3, -0.25) is 4.98 Å². The number of alkyl halides is 6. The second kappa shape index (κ2) is 12.7. The largest absolute Gasteiger partial charge is 0.490 e. The highest BCUT2D eigenvalue weighted by atomic mass is 19.4. The standard InChI is InChI=1S/C18H26N2O2.2C2HF3O2/c1-2-15(3-1)8-20-9-17-11-22-14-18(17,12-20)13-21-10-16-4-6-19-7-5-16;2*3-2(4,5)1(6)7/h4-7,15,17H,1-3,8-14H2;2*(H,6,7)/t17-,18-;;/m1../s1. The van der Waals surface area contributed by atoms with E-state index >= 15 is 0 Å². The highest BCUT2D eigenvalue weighted by Crippen LogP contribution is 2.42. The van der Waals surface area contributed by atoms with E-state index in [1.807, 2.05) is 24.5 Å². The fourth-order valence-electron chi connectivity index (χ4n) is 4.18. The van der Waals surface area contributed by atoms with Crippen molar-refractivity contribution in [3.05, 3.63) is 30.1 Å². The number of hydrogen-bond acceptors (Lipinski definition) is 6. The van der Waals surface area contributed by atoms with Gasteiger partial charge in [0.2, 0.25) is 0 Å². The first-order valence-electron chi connectivity index (χ1n) is 11.1. The molecule has 36 heavy (non-hydrogen) atoms. The summed E-state index contributed by atoms with van der Waals surface area (Å²) in [5, 5.41) is 14.2. The van der Waals surface area contributed by atoms with Crippen molar-refractivity contribution in [1.82, 2.24) is 9.88 Å². The number of aromatic nitrogens is 1. The molecule has 2 atom stereocenters. The van der Waals surface area contributed by atoms with Crippen molar-refractivity contribution in [2.45, 2.75) is 38.2 Å². The van der Waals surface area contributed by atoms with Crippen LogP contribution in [0.1, 0.15) is 24.8 Å². The Balaban J connectivity index is 0.000000271. The molecule has 14 heteroatoms. The number of carboxylic acids is 2. The summed E-state index contributed by atoms with van der Waals surface area (Å²) >= 11 is 0. The van der Waals surface area contributed by atoms with Crippen LogP contribution in [0.4, 0.5) is 26.3 Å². The minimum Gasteiger partial charge on any atom is -0.475 e. The van der Waals surface area contributed by atoms with Crippen molar-refractivity contribution >= 4 is 11.9 Å². The van der Waals surface area contributed by atoms with Gasteiger partial charge in [0.05, 0.1) is 26.4 Å². The summed E-state index contributed by atoms with van der Waals surface area (Å²) in [5.74, 6) is -3.90. The van der Waals surface area contributed by atoms with E-state index in [4.69, 9.17) is 29.3 Å². The van der Waals surface area contributed by atoms with E-state index in [0.29, 0.717) is 12.5 Å². The lowest BCUT2D eigenvalue weighted by atomic mass is 9.82. The van der Waals surface area contributed by atoms with Gasteiger partial charge in [0.15, 0.2) is 0 Å². The molecule has 4 rings (SSSR count). The summed E-state index contributed by atoms with van der Waals surface area (Å²) in [4.78, 5) is 24.5. The maximum atomic E-state index is 10.6. The van der Waals surface area contributed by atoms with Gasteiger partial charge in [-0.15, -0.1) is 0 Å². The summed E-state index contributed by atoms with van der Waals surface area (Å²) in [6.45, 7) is 6.94. The molecule has 2 aliphatic heterocycles. The molecule has 0 radical (unpaired) electrons. The van der Waals surface area contributed by atoms with Gasteiger partial charge in [-0.25, -0.2) is 9.59 Å². The summed E-state index contributed by atoms with van der Waals surface area (Å²) in [5.41, 5.74) is 1.43. The molecule has 0 aromatic carbocycles. The summed E-state index contributed by atoms with van der Waals surface area (Å²) in [6, 6.07) is 4.05. The number of halogens is 6. The average Bonchev–Trinajstić information content (AvgIpc) is 3.28. The van der Waals surface area contributed by atoms with Gasteiger partial charge in [0.25, 0.3) is 0 Å². The van der Waals surface area contributed by atoms with E-state index in [1.54, 1.807) is 0 Å². The van der Waals surface area contributed by atoms with E-state index in [0.717, 1.165) is 32.3 Å². The average molecular weight is 530 g/mol. The van der Waals surface area contributed by atoms with Crippen LogP contribution >= 0.6 is 0 Å². The second-order valence-corrected chi connectivity index (χ2v) is 9.02. The molecule has 0 unspecified atom stereocenters. The molecular weight excluding hydrogens is 502 g/mol. The predicted octanol–water partition coefficient (Wildman–Crippen LogP) is 3.61. The fourth-order valence-corrected chi connectivity index (χ4v) is 4.18. The zero-order valence-electron chi connectivity index (χ0n) is 19.2. The van der Waals surface area contributed by atoms with Gasteiger partial charge < -0.3 is 24.6 Å². The van der Waals surface area contributed by atoms with Gasteiger partial charge in [0.1, 0.15) is 0 Å². The molecule has 0 spiro atoms. The number of pyridine rings is 1. The van der Waals surface area contributed by atoms with Crippen molar-refractivity contribution in [1.29, 1.82) is 0 Å². The molecule has 2 saturated heterocycles. The smallest absolute Gasteiger partial charge is 0.475 e. The molecule has 2 N–H and O–H groups in total. The summed E-state index contributed by atoms with van der Waals surface area (Å²) in [7, 11) is 0. The van der Waals surface area contributed by atoms with E-state index < -0.39 is 24.3 Å². The molecule has 3 fully saturated rings. The van der Waals surface area contributed by atoms with Crippen LogP contribution in [-0.2, 0) is 25.7 Å². The van der Waals surface area contributed by atoms with Crippen LogP contribution in [-0.4, -0.2) is 83.8 Å². The number of fused-ring (bicyclic) bond motifs is 1. The number of rotatable bonds is 6. The highest BCUT2D eigenvalue weighted by molar-refractivity contribution is 5.73. The minimum absolute atomic E-state index is 0.233. The minimum atomic E-state index is -5.08. The first-order valence-corrected chi connectivity index (χ1v) is 11.1. The number of carboxylic acid groups (broad SMARTS) is 2. The molecule has 8 nitrogen and oxygen atoms in total. The first-order chi connectivity index (χ1) is 16.7. The van der Waals surface area contributed by atoms with Crippen LogP contribution in [0.25, 0.3) is 0 Å². The number of hydrogen-bond donors (Lipinski definition) is 2. The molecule has 1 aliphatic carbocycles. The Bertz CT molecular complexity index is 826. The lowest BCUT2D eigenvalue weighted by Gasteiger charge is -2.31. The quantitative estimate of drug-likeness (QED) is 0.537. The number of nitrogens with zero attached hydrogens (tertiary/aromatic N) is 2. The lowest BCUT2D eigenvalue weighted by Crippen LogP contribution is -2.37. The van der Waals surface area contributed by atoms with Gasteiger partial charge >= 0.3 is 24.3 Å². The maximum absolute atomic E-state index is 10.6. The van der Waals surface area contributed by atoms with Crippen LogP contribution < -0.4 is 0 Å². The Morgan fingerprint density at radius 3 is 2.11 bits per heavy atom. The van der Waals surface area contributed by atoms with Gasteiger partial charge in [-0.2, -0.15) is 26.3 Å². The number of likely N-dealkylation sites (tertiary alicyclic amines) is 1. The number of aliphatic carboxylic acids is 2. The normalized spacial score (nSPS) is 24.0. The van der Waals surface area contributed by atoms with E-state index in [1.165, 1.54) is 37.9 Å². The fraction of sp³-hybridized carbons (Fsp3) is 0.682. The van der Waals surface area contributed by atoms with Crippen LogP contribution in [0.2, 0.25) is 0 Å². The Morgan fingerprint density at radius 2 is 1.64 bits per heavy atom. The van der Waals surface area contributed by atoms with Crippen LogP contribution in [0, 0.1) is 17.3 Å². The zero-order chi connectivity index (χ0) is 27.0. The maximum Gasteiger partial charge on any atom is 0.490 e. The van der Waals surface area contributed by atoms with Gasteiger partial charge in [0, 0.05) is 43.4 Å². The lowest BCUT2D eigenvalue weighted by molar-refractivity contribution is -0.193. The SMILES string of the molecule is O=C(O)C(F)(F)F.O=C(O)C(F)(F)F.c1cc(COC[C@]23COC[C@H]2CN(CC2CCC2)C3)ccn1. The second-order valence-electron chi connectivity index (χ2n) is 9.02. The molecular formula is C22H28F6N2O6. The topological polar surface area (TPSA) is 109 Å². The van der Waals surface area contributed by atoms with Crippen LogP contribution in [0.3, 0.4) is 0 Å². The van der Waals surface area contributed by atoms with Gasteiger partial charge in [-0.05, 0) is 36.5 Å². The number of carbonyl (C=O) groups is 2. The predicted molar refractivity (Wildman–Crippen MR) is 112 cm³/mol. The molecule has 1 aromatic rings. The highest BCUT2D eigenvalue weighted by Gasteiger charge is 2.51. The van der Waals surface area contributed by atoms with Crippen molar-refractivity contribution < 1.29 is 55.6 Å². The third-order valence-corrected chi connectivity index (χ3v) is 6.23. The Kier molecular flexibility index (Phi) is 10.5. The van der Waals surface area contributed by atoms with Gasteiger partial charge in [-0.1, -0.05) is 6.42 Å².